The lowest BCUT2D eigenvalue weighted by molar-refractivity contribution is -0.134. The molecule has 2 N–H and O–H groups in total. The van der Waals surface area contributed by atoms with Gasteiger partial charge in [0.2, 0.25) is 5.91 Å². The summed E-state index contributed by atoms with van der Waals surface area (Å²) in [5.74, 6) is -2.88. The topological polar surface area (TPSA) is 142 Å². The normalized spacial score (nSPS) is 18.1. The van der Waals surface area contributed by atoms with E-state index in [-0.39, 0.29) is 17.2 Å². The van der Waals surface area contributed by atoms with Crippen LogP contribution in [0.3, 0.4) is 0 Å². The van der Waals surface area contributed by atoms with Crippen LogP contribution in [0.1, 0.15) is 23.6 Å². The van der Waals surface area contributed by atoms with Gasteiger partial charge in [-0.15, -0.1) is 0 Å². The first-order valence-corrected chi connectivity index (χ1v) is 12.8. The molecular weight excluding hydrogens is 488 g/mol. The van der Waals surface area contributed by atoms with Gasteiger partial charge in [0, 0.05) is 31.8 Å². The van der Waals surface area contributed by atoms with E-state index in [1.54, 1.807) is 24.3 Å². The molecule has 2 aromatic rings. The molecule has 0 aliphatic carbocycles. The van der Waals surface area contributed by atoms with Gasteiger partial charge in [0.15, 0.2) is 0 Å². The Kier molecular flexibility index (Phi) is 9.34. The van der Waals surface area contributed by atoms with E-state index >= 15 is 0 Å². The van der Waals surface area contributed by atoms with Crippen LogP contribution in [0.15, 0.2) is 71.6 Å². The highest BCUT2D eigenvalue weighted by Crippen LogP contribution is 2.36. The molecule has 4 rings (SSSR count). The first-order valence-electron chi connectivity index (χ1n) is 11.3. The molecule has 11 heteroatoms. The van der Waals surface area contributed by atoms with Crippen molar-refractivity contribution in [2.24, 2.45) is 0 Å². The second-order valence-electron chi connectivity index (χ2n) is 8.16. The van der Waals surface area contributed by atoms with E-state index in [1.165, 1.54) is 0 Å². The molecule has 1 unspecified atom stereocenters. The number of rotatable bonds is 7. The minimum absolute atomic E-state index is 0.107. The van der Waals surface area contributed by atoms with Gasteiger partial charge in [-0.2, -0.15) is 0 Å². The van der Waals surface area contributed by atoms with Crippen molar-refractivity contribution in [1.82, 2.24) is 9.21 Å². The number of carboxylic acid groups (broad SMARTS) is 2. The Bertz CT molecular complexity index is 1190. The maximum absolute atomic E-state index is 13.4. The molecule has 0 bridgehead atoms. The summed E-state index contributed by atoms with van der Waals surface area (Å²) in [4.78, 5) is 34.6. The number of amides is 1. The zero-order valence-electron chi connectivity index (χ0n) is 19.5. The number of sulfonamides is 1. The molecule has 1 amide bonds. The number of hydrogen-bond acceptors (Lipinski definition) is 7. The fourth-order valence-electron chi connectivity index (χ4n) is 4.09. The highest BCUT2D eigenvalue weighted by molar-refractivity contribution is 7.89. The standard InChI is InChI=1S/C21H24N2O4S.C4H4O4/c24-21-16-18-8-4-5-9-20(18)28(25,26)23(21)19(17-6-2-1-3-7-17)10-11-22-12-14-27-15-13-22;5-3(6)1-2-4(7)8/h1-9,19H,10-16H2;1-2H,(H,5,6)(H,7,8)/b;2-1+. The number of nitrogens with zero attached hydrogens (tertiary/aromatic N) is 2. The summed E-state index contributed by atoms with van der Waals surface area (Å²) in [6, 6.07) is 15.7. The van der Waals surface area contributed by atoms with Crippen LogP contribution in [-0.2, 0) is 35.6 Å². The molecule has 0 aromatic heterocycles. The molecule has 2 aliphatic rings. The van der Waals surface area contributed by atoms with E-state index in [2.05, 4.69) is 4.90 Å². The third-order valence-electron chi connectivity index (χ3n) is 5.76. The summed E-state index contributed by atoms with van der Waals surface area (Å²) < 4.78 is 33.2. The molecule has 0 saturated carbocycles. The Hall–Kier alpha value is -3.54. The van der Waals surface area contributed by atoms with Crippen LogP contribution in [0.4, 0.5) is 0 Å². The molecule has 2 aliphatic heterocycles. The van der Waals surface area contributed by atoms with E-state index in [0.29, 0.717) is 43.9 Å². The molecule has 2 heterocycles. The van der Waals surface area contributed by atoms with Crippen LogP contribution in [0.25, 0.3) is 0 Å². The van der Waals surface area contributed by atoms with Gasteiger partial charge in [-0.1, -0.05) is 48.5 Å². The third-order valence-corrected chi connectivity index (χ3v) is 7.69. The van der Waals surface area contributed by atoms with E-state index in [0.717, 1.165) is 23.0 Å². The smallest absolute Gasteiger partial charge is 0.328 e. The maximum atomic E-state index is 13.4. The van der Waals surface area contributed by atoms with Gasteiger partial charge < -0.3 is 14.9 Å². The second-order valence-corrected chi connectivity index (χ2v) is 9.94. The Morgan fingerprint density at radius 1 is 0.944 bits per heavy atom. The average Bonchev–Trinajstić information content (AvgIpc) is 2.86. The van der Waals surface area contributed by atoms with Gasteiger partial charge >= 0.3 is 11.9 Å². The molecule has 36 heavy (non-hydrogen) atoms. The number of morpholine rings is 1. The van der Waals surface area contributed by atoms with Gasteiger partial charge in [0.25, 0.3) is 10.0 Å². The molecule has 2 aromatic carbocycles. The van der Waals surface area contributed by atoms with Crippen molar-refractivity contribution in [2.45, 2.75) is 23.8 Å². The number of hydrogen-bond donors (Lipinski definition) is 2. The van der Waals surface area contributed by atoms with Crippen LogP contribution in [0, 0.1) is 0 Å². The largest absolute Gasteiger partial charge is 0.478 e. The molecular formula is C25H28N2O8S. The number of aliphatic carboxylic acids is 2. The second kappa shape index (κ2) is 12.4. The zero-order chi connectivity index (χ0) is 26.1. The summed E-state index contributed by atoms with van der Waals surface area (Å²) in [6.07, 6.45) is 1.78. The minimum Gasteiger partial charge on any atom is -0.478 e. The van der Waals surface area contributed by atoms with Crippen molar-refractivity contribution in [3.8, 4) is 0 Å². The van der Waals surface area contributed by atoms with Crippen LogP contribution >= 0.6 is 0 Å². The fourth-order valence-corrected chi connectivity index (χ4v) is 5.92. The van der Waals surface area contributed by atoms with Gasteiger partial charge in [0.05, 0.1) is 30.6 Å². The number of carbonyl (C=O) groups excluding carboxylic acids is 1. The SMILES string of the molecule is O=C(O)/C=C/C(=O)O.O=C1Cc2ccccc2S(=O)(=O)N1C(CCN1CCOCC1)c1ccccc1. The molecule has 10 nitrogen and oxygen atoms in total. The monoisotopic (exact) mass is 516 g/mol. The van der Waals surface area contributed by atoms with E-state index < -0.39 is 28.0 Å². The third kappa shape index (κ3) is 7.00. The minimum atomic E-state index is -3.89. The van der Waals surface area contributed by atoms with Crippen molar-refractivity contribution in [1.29, 1.82) is 0 Å². The van der Waals surface area contributed by atoms with Gasteiger partial charge in [-0.3, -0.25) is 9.69 Å². The average molecular weight is 517 g/mol. The number of benzene rings is 2. The predicted molar refractivity (Wildman–Crippen MR) is 130 cm³/mol. The summed E-state index contributed by atoms with van der Waals surface area (Å²) in [5, 5.41) is 15.6. The Balaban J connectivity index is 0.000000392. The first-order chi connectivity index (χ1) is 17.2. The number of carbonyl (C=O) groups is 3. The number of carboxylic acids is 2. The van der Waals surface area contributed by atoms with Crippen LogP contribution in [0.2, 0.25) is 0 Å². The van der Waals surface area contributed by atoms with Gasteiger partial charge in [-0.05, 0) is 23.6 Å². The molecule has 0 radical (unpaired) electrons. The van der Waals surface area contributed by atoms with E-state index in [4.69, 9.17) is 14.9 Å². The van der Waals surface area contributed by atoms with Gasteiger partial charge in [0.1, 0.15) is 0 Å². The molecule has 192 valence electrons. The first kappa shape index (κ1) is 27.1. The Morgan fingerprint density at radius 3 is 2.14 bits per heavy atom. The van der Waals surface area contributed by atoms with Crippen molar-refractivity contribution in [3.63, 3.8) is 0 Å². The van der Waals surface area contributed by atoms with Gasteiger partial charge in [-0.25, -0.2) is 22.3 Å². The van der Waals surface area contributed by atoms with Crippen LogP contribution < -0.4 is 0 Å². The van der Waals surface area contributed by atoms with E-state index in [1.807, 2.05) is 30.3 Å². The lowest BCUT2D eigenvalue weighted by Gasteiger charge is -2.36. The highest BCUT2D eigenvalue weighted by atomic mass is 32.2. The summed E-state index contributed by atoms with van der Waals surface area (Å²) in [6.45, 7) is 3.73. The molecule has 0 spiro atoms. The fraction of sp³-hybridized carbons (Fsp3) is 0.320. The Morgan fingerprint density at radius 2 is 1.53 bits per heavy atom. The highest BCUT2D eigenvalue weighted by Gasteiger charge is 2.41. The summed E-state index contributed by atoms with van der Waals surface area (Å²) >= 11 is 0. The maximum Gasteiger partial charge on any atom is 0.328 e. The van der Waals surface area contributed by atoms with Crippen molar-refractivity contribution in [2.75, 3.05) is 32.8 Å². The molecule has 1 fully saturated rings. The lowest BCUT2D eigenvalue weighted by Crippen LogP contribution is -2.46. The number of ether oxygens (including phenoxy) is 1. The Labute approximate surface area is 209 Å². The zero-order valence-corrected chi connectivity index (χ0v) is 20.3. The van der Waals surface area contributed by atoms with E-state index in [9.17, 15) is 22.8 Å². The predicted octanol–water partition coefficient (Wildman–Crippen LogP) is 1.94. The quantitative estimate of drug-likeness (QED) is 0.528. The number of fused-ring (bicyclic) bond motifs is 1. The molecule has 1 saturated heterocycles. The van der Waals surface area contributed by atoms with Crippen LogP contribution in [0.5, 0.6) is 0 Å². The van der Waals surface area contributed by atoms with Crippen LogP contribution in [-0.4, -0.2) is 78.5 Å². The van der Waals surface area contributed by atoms with Crippen molar-refractivity contribution >= 4 is 27.9 Å². The summed E-state index contributed by atoms with van der Waals surface area (Å²) in [5.41, 5.74) is 1.41. The molecule has 1 atom stereocenters. The summed E-state index contributed by atoms with van der Waals surface area (Å²) in [7, 11) is -3.89. The lowest BCUT2D eigenvalue weighted by atomic mass is 10.0. The van der Waals surface area contributed by atoms with Crippen molar-refractivity contribution in [3.05, 3.63) is 77.9 Å². The van der Waals surface area contributed by atoms with Crippen molar-refractivity contribution < 1.29 is 37.8 Å².